The quantitative estimate of drug-likeness (QED) is 0.780. The smallest absolute Gasteiger partial charge is 0.253 e. The number of hydrogen-bond acceptors (Lipinski definition) is 2. The maximum absolute atomic E-state index is 13.4. The van der Waals surface area contributed by atoms with E-state index in [2.05, 4.69) is 0 Å². The second kappa shape index (κ2) is 7.91. The van der Waals surface area contributed by atoms with Crippen LogP contribution in [0.25, 0.3) is 0 Å². The maximum Gasteiger partial charge on any atom is 0.253 e. The highest BCUT2D eigenvalue weighted by Gasteiger charge is 2.45. The average molecular weight is 368 g/mol. The Morgan fingerprint density at radius 3 is 2.41 bits per heavy atom. The van der Waals surface area contributed by atoms with Crippen molar-refractivity contribution in [3.63, 3.8) is 0 Å². The van der Waals surface area contributed by atoms with Gasteiger partial charge in [-0.2, -0.15) is 0 Å². The summed E-state index contributed by atoms with van der Waals surface area (Å²) in [6.45, 7) is 3.09. The van der Waals surface area contributed by atoms with Gasteiger partial charge in [0, 0.05) is 38.7 Å². The molecule has 3 rings (SSSR count). The van der Waals surface area contributed by atoms with E-state index in [9.17, 15) is 14.0 Å². The van der Waals surface area contributed by atoms with Crippen LogP contribution in [-0.2, 0) is 11.3 Å². The predicted octanol–water partition coefficient (Wildman–Crippen LogP) is 3.68. The van der Waals surface area contributed by atoms with E-state index in [0.717, 1.165) is 17.5 Å². The average Bonchev–Trinajstić information content (AvgIpc) is 3.46. The molecule has 0 aromatic heterocycles. The number of benzene rings is 2. The second-order valence-electron chi connectivity index (χ2n) is 7.25. The molecule has 0 radical (unpaired) electrons. The monoisotopic (exact) mass is 368 g/mol. The van der Waals surface area contributed by atoms with E-state index in [-0.39, 0.29) is 29.5 Å². The van der Waals surface area contributed by atoms with E-state index in [1.807, 2.05) is 30.0 Å². The van der Waals surface area contributed by atoms with Crippen molar-refractivity contribution >= 4 is 11.8 Å². The summed E-state index contributed by atoms with van der Waals surface area (Å²) in [5.41, 5.74) is 2.52. The van der Waals surface area contributed by atoms with Crippen molar-refractivity contribution in [2.45, 2.75) is 25.8 Å². The molecule has 0 bridgehead atoms. The van der Waals surface area contributed by atoms with Crippen LogP contribution in [0.3, 0.4) is 0 Å². The van der Waals surface area contributed by atoms with Crippen molar-refractivity contribution in [3.8, 4) is 0 Å². The minimum absolute atomic E-state index is 0.0408. The summed E-state index contributed by atoms with van der Waals surface area (Å²) in [4.78, 5) is 28.2. The summed E-state index contributed by atoms with van der Waals surface area (Å²) in [5.74, 6) is -0.143. The molecular weight excluding hydrogens is 343 g/mol. The first-order valence-corrected chi connectivity index (χ1v) is 9.25. The Balaban J connectivity index is 1.64. The molecular formula is C22H25FN2O2. The number of amides is 2. The number of halogens is 1. The maximum atomic E-state index is 13.4. The van der Waals surface area contributed by atoms with Crippen LogP contribution >= 0.6 is 0 Å². The zero-order valence-corrected chi connectivity index (χ0v) is 16.0. The summed E-state index contributed by atoms with van der Waals surface area (Å²) < 4.78 is 13.4. The molecule has 1 aliphatic carbocycles. The first-order valence-electron chi connectivity index (χ1n) is 9.25. The van der Waals surface area contributed by atoms with Crippen LogP contribution < -0.4 is 0 Å². The van der Waals surface area contributed by atoms with Gasteiger partial charge in [0.15, 0.2) is 0 Å². The summed E-state index contributed by atoms with van der Waals surface area (Å²) in [7, 11) is 3.44. The van der Waals surface area contributed by atoms with Gasteiger partial charge in [0.25, 0.3) is 5.91 Å². The van der Waals surface area contributed by atoms with Gasteiger partial charge in [-0.25, -0.2) is 4.39 Å². The Morgan fingerprint density at radius 2 is 1.81 bits per heavy atom. The second-order valence-corrected chi connectivity index (χ2v) is 7.25. The lowest BCUT2D eigenvalue weighted by atomic mass is 10.1. The van der Waals surface area contributed by atoms with Crippen LogP contribution in [0.5, 0.6) is 0 Å². The molecule has 2 aromatic rings. The van der Waals surface area contributed by atoms with E-state index in [1.165, 1.54) is 17.0 Å². The molecule has 2 atom stereocenters. The van der Waals surface area contributed by atoms with Gasteiger partial charge in [0.1, 0.15) is 5.82 Å². The van der Waals surface area contributed by atoms with Gasteiger partial charge in [0.05, 0.1) is 0 Å². The fourth-order valence-corrected chi connectivity index (χ4v) is 3.38. The Bertz CT molecular complexity index is 832. The number of nitrogens with zero attached hydrogens (tertiary/aromatic N) is 2. The highest BCUT2D eigenvalue weighted by molar-refractivity contribution is 5.93. The first kappa shape index (κ1) is 19.1. The molecule has 142 valence electrons. The Labute approximate surface area is 159 Å². The van der Waals surface area contributed by atoms with Gasteiger partial charge in [-0.15, -0.1) is 0 Å². The third kappa shape index (κ3) is 4.35. The SMILES string of the molecule is CCN(Cc1ccc(C(=O)N(C)C)cc1)C(=O)C1CC1c1cccc(F)c1. The van der Waals surface area contributed by atoms with Crippen LogP contribution in [0.2, 0.25) is 0 Å². The number of rotatable bonds is 6. The van der Waals surface area contributed by atoms with Gasteiger partial charge in [0.2, 0.25) is 5.91 Å². The molecule has 0 heterocycles. The molecule has 4 nitrogen and oxygen atoms in total. The first-order chi connectivity index (χ1) is 12.9. The molecule has 1 aliphatic rings. The number of carbonyl (C=O) groups is 2. The fourth-order valence-electron chi connectivity index (χ4n) is 3.38. The zero-order chi connectivity index (χ0) is 19.6. The van der Waals surface area contributed by atoms with Gasteiger partial charge in [-0.05, 0) is 54.7 Å². The van der Waals surface area contributed by atoms with Crippen molar-refractivity contribution in [1.29, 1.82) is 0 Å². The van der Waals surface area contributed by atoms with Crippen molar-refractivity contribution < 1.29 is 14.0 Å². The van der Waals surface area contributed by atoms with Crippen molar-refractivity contribution in [1.82, 2.24) is 9.80 Å². The molecule has 1 saturated carbocycles. The highest BCUT2D eigenvalue weighted by Crippen LogP contribution is 2.48. The molecule has 2 aromatic carbocycles. The van der Waals surface area contributed by atoms with Crippen molar-refractivity contribution in [2.24, 2.45) is 5.92 Å². The molecule has 0 spiro atoms. The zero-order valence-electron chi connectivity index (χ0n) is 16.0. The van der Waals surface area contributed by atoms with E-state index < -0.39 is 0 Å². The van der Waals surface area contributed by atoms with Crippen LogP contribution in [0.4, 0.5) is 4.39 Å². The summed E-state index contributed by atoms with van der Waals surface area (Å²) in [5, 5.41) is 0. The number of carbonyl (C=O) groups excluding carboxylic acids is 2. The van der Waals surface area contributed by atoms with Crippen LogP contribution in [0.15, 0.2) is 48.5 Å². The predicted molar refractivity (Wildman–Crippen MR) is 103 cm³/mol. The minimum Gasteiger partial charge on any atom is -0.345 e. The molecule has 2 unspecified atom stereocenters. The molecule has 0 aliphatic heterocycles. The Kier molecular flexibility index (Phi) is 5.59. The van der Waals surface area contributed by atoms with Gasteiger partial charge < -0.3 is 9.80 Å². The minimum atomic E-state index is -0.259. The molecule has 5 heteroatoms. The lowest BCUT2D eigenvalue weighted by molar-refractivity contribution is -0.133. The van der Waals surface area contributed by atoms with Crippen LogP contribution in [0.1, 0.15) is 40.7 Å². The topological polar surface area (TPSA) is 40.6 Å². The summed E-state index contributed by atoms with van der Waals surface area (Å²) in [6.07, 6.45) is 0.773. The standard InChI is InChI=1S/C22H25FN2O2/c1-4-25(14-15-8-10-16(11-9-15)21(26)24(2)3)22(27)20-13-19(20)17-6-5-7-18(23)12-17/h5-12,19-20H,4,13-14H2,1-3H3. The lowest BCUT2D eigenvalue weighted by Crippen LogP contribution is -2.32. The van der Waals surface area contributed by atoms with E-state index in [0.29, 0.717) is 18.7 Å². The molecule has 0 saturated heterocycles. The largest absolute Gasteiger partial charge is 0.345 e. The van der Waals surface area contributed by atoms with Gasteiger partial charge in [-0.3, -0.25) is 9.59 Å². The van der Waals surface area contributed by atoms with E-state index in [1.54, 1.807) is 32.3 Å². The summed E-state index contributed by atoms with van der Waals surface area (Å²) in [6, 6.07) is 13.9. The third-order valence-corrected chi connectivity index (χ3v) is 5.06. The fraction of sp³-hybridized carbons (Fsp3) is 0.364. The molecule has 0 N–H and O–H groups in total. The van der Waals surface area contributed by atoms with E-state index >= 15 is 0 Å². The van der Waals surface area contributed by atoms with Crippen molar-refractivity contribution in [3.05, 3.63) is 71.0 Å². The third-order valence-electron chi connectivity index (χ3n) is 5.06. The molecule has 2 amide bonds. The number of hydrogen-bond donors (Lipinski definition) is 0. The van der Waals surface area contributed by atoms with Crippen molar-refractivity contribution in [2.75, 3.05) is 20.6 Å². The van der Waals surface area contributed by atoms with Gasteiger partial charge in [-0.1, -0.05) is 24.3 Å². The normalized spacial score (nSPS) is 18.1. The van der Waals surface area contributed by atoms with Crippen LogP contribution in [0, 0.1) is 11.7 Å². The highest BCUT2D eigenvalue weighted by atomic mass is 19.1. The lowest BCUT2D eigenvalue weighted by Gasteiger charge is -2.21. The van der Waals surface area contributed by atoms with Crippen LogP contribution in [-0.4, -0.2) is 42.3 Å². The Morgan fingerprint density at radius 1 is 1.11 bits per heavy atom. The molecule has 1 fully saturated rings. The summed E-state index contributed by atoms with van der Waals surface area (Å²) >= 11 is 0. The molecule has 27 heavy (non-hydrogen) atoms. The van der Waals surface area contributed by atoms with Gasteiger partial charge >= 0.3 is 0 Å². The Hall–Kier alpha value is -2.69. The van der Waals surface area contributed by atoms with E-state index in [4.69, 9.17) is 0 Å².